The Hall–Kier alpha value is -2.05. The normalized spacial score (nSPS) is 10.1. The number of nitro groups is 1. The molecule has 21 heavy (non-hydrogen) atoms. The van der Waals surface area contributed by atoms with E-state index in [1.54, 1.807) is 42.5 Å². The molecule has 5 nitrogen and oxygen atoms in total. The number of benzene rings is 2. The van der Waals surface area contributed by atoms with Gasteiger partial charge in [-0.15, -0.1) is 11.6 Å². The molecule has 0 atom stereocenters. The van der Waals surface area contributed by atoms with Crippen LogP contribution in [0.5, 0.6) is 0 Å². The number of anilines is 1. The third-order valence-electron chi connectivity index (χ3n) is 2.55. The lowest BCUT2D eigenvalue weighted by molar-refractivity contribution is -0.387. The summed E-state index contributed by atoms with van der Waals surface area (Å²) >= 11 is 6.70. The molecule has 0 heterocycles. The predicted molar refractivity (Wildman–Crippen MR) is 83.0 cm³/mol. The summed E-state index contributed by atoms with van der Waals surface area (Å²) in [6, 6.07) is 13.6. The first kappa shape index (κ1) is 15.3. The molecular formula is C14H11ClN2O3S. The average Bonchev–Trinajstić information content (AvgIpc) is 2.49. The van der Waals surface area contributed by atoms with Crippen LogP contribution in [0.3, 0.4) is 0 Å². The van der Waals surface area contributed by atoms with Gasteiger partial charge in [-0.25, -0.2) is 0 Å². The fourth-order valence-corrected chi connectivity index (χ4v) is 2.61. The summed E-state index contributed by atoms with van der Waals surface area (Å²) in [4.78, 5) is 23.1. The van der Waals surface area contributed by atoms with Crippen LogP contribution in [-0.4, -0.2) is 16.7 Å². The minimum atomic E-state index is -0.405. The Labute approximate surface area is 130 Å². The Morgan fingerprint density at radius 2 is 1.86 bits per heavy atom. The lowest BCUT2D eigenvalue weighted by Crippen LogP contribution is -2.12. The van der Waals surface area contributed by atoms with E-state index in [2.05, 4.69) is 5.32 Å². The topological polar surface area (TPSA) is 72.2 Å². The van der Waals surface area contributed by atoms with Crippen molar-refractivity contribution in [1.29, 1.82) is 0 Å². The maximum Gasteiger partial charge on any atom is 0.283 e. The summed E-state index contributed by atoms with van der Waals surface area (Å²) in [5.74, 6) is -0.386. The zero-order chi connectivity index (χ0) is 15.2. The van der Waals surface area contributed by atoms with E-state index in [-0.39, 0.29) is 17.5 Å². The molecule has 1 amide bonds. The van der Waals surface area contributed by atoms with E-state index in [0.717, 1.165) is 4.90 Å². The molecule has 0 bridgehead atoms. The number of nitrogens with zero attached hydrogens (tertiary/aromatic N) is 1. The number of rotatable bonds is 5. The van der Waals surface area contributed by atoms with Gasteiger partial charge in [0.15, 0.2) is 0 Å². The number of nitro benzene ring substituents is 1. The van der Waals surface area contributed by atoms with E-state index >= 15 is 0 Å². The molecule has 1 N–H and O–H groups in total. The molecule has 7 heteroatoms. The molecule has 0 aliphatic heterocycles. The zero-order valence-electron chi connectivity index (χ0n) is 10.8. The second-order valence-electron chi connectivity index (χ2n) is 4.03. The van der Waals surface area contributed by atoms with Gasteiger partial charge in [-0.3, -0.25) is 14.9 Å². The molecule has 0 aliphatic rings. The van der Waals surface area contributed by atoms with Gasteiger partial charge in [0.25, 0.3) is 5.69 Å². The molecule has 0 aliphatic carbocycles. The van der Waals surface area contributed by atoms with Gasteiger partial charge >= 0.3 is 0 Å². The maximum absolute atomic E-state index is 11.2. The fourth-order valence-electron chi connectivity index (χ4n) is 1.62. The van der Waals surface area contributed by atoms with Crippen LogP contribution >= 0.6 is 23.4 Å². The van der Waals surface area contributed by atoms with Crippen molar-refractivity contribution in [3.05, 3.63) is 58.6 Å². The molecule has 0 unspecified atom stereocenters. The van der Waals surface area contributed by atoms with E-state index < -0.39 is 4.92 Å². The molecule has 0 saturated heterocycles. The van der Waals surface area contributed by atoms with Crippen LogP contribution in [0.4, 0.5) is 11.4 Å². The summed E-state index contributed by atoms with van der Waals surface area (Å²) in [5.41, 5.74) is 0.703. The number of hydrogen-bond acceptors (Lipinski definition) is 4. The Kier molecular flexibility index (Phi) is 5.19. The predicted octanol–water partition coefficient (Wildman–Crippen LogP) is 3.92. The van der Waals surface area contributed by atoms with Crippen LogP contribution in [0.2, 0.25) is 0 Å². The first-order valence-electron chi connectivity index (χ1n) is 5.97. The molecule has 0 saturated carbocycles. The summed E-state index contributed by atoms with van der Waals surface area (Å²) in [7, 11) is 0. The van der Waals surface area contributed by atoms with Gasteiger partial charge in [-0.05, 0) is 30.3 Å². The zero-order valence-corrected chi connectivity index (χ0v) is 12.4. The van der Waals surface area contributed by atoms with E-state index in [9.17, 15) is 14.9 Å². The maximum atomic E-state index is 11.2. The summed E-state index contributed by atoms with van der Waals surface area (Å²) in [6.45, 7) is 0. The fraction of sp³-hybridized carbons (Fsp3) is 0.0714. The van der Waals surface area contributed by atoms with Gasteiger partial charge in [-0.1, -0.05) is 23.9 Å². The van der Waals surface area contributed by atoms with Gasteiger partial charge in [0.05, 0.1) is 9.82 Å². The molecule has 0 fully saturated rings. The van der Waals surface area contributed by atoms with Crippen molar-refractivity contribution in [3.63, 3.8) is 0 Å². The SMILES string of the molecule is O=C(CCl)Nc1ccc(Sc2ccccc2[N+](=O)[O-])cc1. The third kappa shape index (κ3) is 4.21. The standard InChI is InChI=1S/C14H11ClN2O3S/c15-9-14(18)16-10-5-7-11(8-6-10)21-13-4-2-1-3-12(13)17(19)20/h1-8H,9H2,(H,16,18). The van der Waals surface area contributed by atoms with E-state index in [1.807, 2.05) is 0 Å². The molecule has 0 spiro atoms. The number of nitrogens with one attached hydrogen (secondary N) is 1. The highest BCUT2D eigenvalue weighted by atomic mass is 35.5. The highest BCUT2D eigenvalue weighted by Gasteiger charge is 2.13. The van der Waals surface area contributed by atoms with Gasteiger partial charge < -0.3 is 5.32 Å². The summed E-state index contributed by atoms with van der Waals surface area (Å²) in [5, 5.41) is 13.6. The van der Waals surface area contributed by atoms with E-state index in [4.69, 9.17) is 11.6 Å². The van der Waals surface area contributed by atoms with Crippen LogP contribution < -0.4 is 5.32 Å². The Balaban J connectivity index is 2.14. The van der Waals surface area contributed by atoms with Crippen molar-refractivity contribution >= 4 is 40.6 Å². The Morgan fingerprint density at radius 1 is 1.19 bits per heavy atom. The van der Waals surface area contributed by atoms with Crippen LogP contribution in [0, 0.1) is 10.1 Å². The second kappa shape index (κ2) is 7.10. The number of carbonyl (C=O) groups is 1. The van der Waals surface area contributed by atoms with Gasteiger partial charge in [0.2, 0.25) is 5.91 Å². The molecule has 2 aromatic rings. The van der Waals surface area contributed by atoms with Gasteiger partial charge in [0.1, 0.15) is 5.88 Å². The summed E-state index contributed by atoms with van der Waals surface area (Å²) < 4.78 is 0. The monoisotopic (exact) mass is 322 g/mol. The average molecular weight is 323 g/mol. The lowest BCUT2D eigenvalue weighted by Gasteiger charge is -2.05. The van der Waals surface area contributed by atoms with Crippen LogP contribution in [0.25, 0.3) is 0 Å². The molecule has 2 aromatic carbocycles. The molecule has 2 rings (SSSR count). The quantitative estimate of drug-likeness (QED) is 0.514. The van der Waals surface area contributed by atoms with E-state index in [1.165, 1.54) is 17.8 Å². The first-order chi connectivity index (χ1) is 10.1. The number of hydrogen-bond donors (Lipinski definition) is 1. The smallest absolute Gasteiger partial charge is 0.283 e. The number of halogens is 1. The van der Waals surface area contributed by atoms with Crippen molar-refractivity contribution in [2.45, 2.75) is 9.79 Å². The minimum Gasteiger partial charge on any atom is -0.325 e. The van der Waals surface area contributed by atoms with Gasteiger partial charge in [0, 0.05) is 16.6 Å². The van der Waals surface area contributed by atoms with Gasteiger partial charge in [-0.2, -0.15) is 0 Å². The lowest BCUT2D eigenvalue weighted by atomic mass is 10.3. The van der Waals surface area contributed by atoms with Crippen LogP contribution in [0.15, 0.2) is 58.3 Å². The van der Waals surface area contributed by atoms with Crippen molar-refractivity contribution in [2.75, 3.05) is 11.2 Å². The number of carbonyl (C=O) groups excluding carboxylic acids is 1. The number of alkyl halides is 1. The highest BCUT2D eigenvalue weighted by Crippen LogP contribution is 2.34. The first-order valence-corrected chi connectivity index (χ1v) is 7.32. The number of para-hydroxylation sites is 1. The van der Waals surface area contributed by atoms with E-state index in [0.29, 0.717) is 10.6 Å². The Bertz CT molecular complexity index is 662. The molecule has 0 radical (unpaired) electrons. The Morgan fingerprint density at radius 3 is 2.48 bits per heavy atom. The summed E-state index contributed by atoms with van der Waals surface area (Å²) in [6.07, 6.45) is 0. The van der Waals surface area contributed by atoms with Crippen molar-refractivity contribution < 1.29 is 9.72 Å². The van der Waals surface area contributed by atoms with Crippen molar-refractivity contribution in [1.82, 2.24) is 0 Å². The largest absolute Gasteiger partial charge is 0.325 e. The van der Waals surface area contributed by atoms with Crippen LogP contribution in [-0.2, 0) is 4.79 Å². The van der Waals surface area contributed by atoms with Crippen molar-refractivity contribution in [2.24, 2.45) is 0 Å². The number of amides is 1. The third-order valence-corrected chi connectivity index (χ3v) is 3.86. The minimum absolute atomic E-state index is 0.0713. The highest BCUT2D eigenvalue weighted by molar-refractivity contribution is 7.99. The molecule has 108 valence electrons. The molecular weight excluding hydrogens is 312 g/mol. The second-order valence-corrected chi connectivity index (χ2v) is 5.42. The molecule has 0 aromatic heterocycles. The van der Waals surface area contributed by atoms with Crippen molar-refractivity contribution in [3.8, 4) is 0 Å². The van der Waals surface area contributed by atoms with Crippen LogP contribution in [0.1, 0.15) is 0 Å².